The Labute approximate surface area is 164 Å². The van der Waals surface area contributed by atoms with Crippen LogP contribution in [0.2, 0.25) is 0 Å². The van der Waals surface area contributed by atoms with Gasteiger partial charge in [-0.1, -0.05) is 19.9 Å². The second-order valence-electron chi connectivity index (χ2n) is 6.28. The molecule has 0 spiro atoms. The minimum Gasteiger partial charge on any atom is -0.465 e. The molecule has 0 atom stereocenters. The van der Waals surface area contributed by atoms with Crippen LogP contribution in [0.5, 0.6) is 0 Å². The number of nitrogens with one attached hydrogen (secondary N) is 1. The molecule has 2 amide bonds. The number of ether oxygens (including phenoxy) is 1. The SMILES string of the molecule is CCCN(CCC)C(=O)c1cncc(C(=O)Nc2cccc(C(=O)OC)c2)c1. The van der Waals surface area contributed by atoms with Gasteiger partial charge in [0.05, 0.1) is 23.8 Å². The maximum absolute atomic E-state index is 12.7. The zero-order valence-corrected chi connectivity index (χ0v) is 16.4. The molecule has 1 aromatic heterocycles. The van der Waals surface area contributed by atoms with E-state index in [9.17, 15) is 14.4 Å². The van der Waals surface area contributed by atoms with Gasteiger partial charge in [0.2, 0.25) is 0 Å². The number of nitrogens with zero attached hydrogens (tertiary/aromatic N) is 2. The van der Waals surface area contributed by atoms with Gasteiger partial charge in [0.25, 0.3) is 11.8 Å². The van der Waals surface area contributed by atoms with Crippen LogP contribution in [0.3, 0.4) is 0 Å². The number of esters is 1. The number of carbonyl (C=O) groups excluding carboxylic acids is 3. The first kappa shape index (κ1) is 21.1. The summed E-state index contributed by atoms with van der Waals surface area (Å²) in [6.45, 7) is 5.34. The van der Waals surface area contributed by atoms with Gasteiger partial charge in [0.15, 0.2) is 0 Å². The Morgan fingerprint density at radius 1 is 1.00 bits per heavy atom. The summed E-state index contributed by atoms with van der Waals surface area (Å²) < 4.78 is 4.68. The third-order valence-corrected chi connectivity index (χ3v) is 4.06. The van der Waals surface area contributed by atoms with Gasteiger partial charge in [-0.2, -0.15) is 0 Å². The summed E-state index contributed by atoms with van der Waals surface area (Å²) in [4.78, 5) is 42.7. The fourth-order valence-corrected chi connectivity index (χ4v) is 2.76. The second-order valence-corrected chi connectivity index (χ2v) is 6.28. The van der Waals surface area contributed by atoms with Crippen LogP contribution >= 0.6 is 0 Å². The van der Waals surface area contributed by atoms with Crippen molar-refractivity contribution in [2.75, 3.05) is 25.5 Å². The average Bonchev–Trinajstić information content (AvgIpc) is 2.72. The van der Waals surface area contributed by atoms with Gasteiger partial charge in [0.1, 0.15) is 0 Å². The van der Waals surface area contributed by atoms with E-state index in [0.29, 0.717) is 29.9 Å². The molecule has 0 fully saturated rings. The Morgan fingerprint density at radius 3 is 2.32 bits per heavy atom. The third kappa shape index (κ3) is 5.39. The first-order chi connectivity index (χ1) is 13.5. The number of methoxy groups -OCH3 is 1. The van der Waals surface area contributed by atoms with E-state index in [0.717, 1.165) is 12.8 Å². The van der Waals surface area contributed by atoms with Crippen LogP contribution in [0.4, 0.5) is 5.69 Å². The fraction of sp³-hybridized carbons (Fsp3) is 0.333. The Kier molecular flexibility index (Phi) is 7.68. The summed E-state index contributed by atoms with van der Waals surface area (Å²) in [7, 11) is 1.29. The number of aromatic nitrogens is 1. The van der Waals surface area contributed by atoms with E-state index in [-0.39, 0.29) is 11.5 Å². The van der Waals surface area contributed by atoms with E-state index >= 15 is 0 Å². The zero-order chi connectivity index (χ0) is 20.5. The molecule has 0 saturated carbocycles. The molecule has 1 N–H and O–H groups in total. The van der Waals surface area contributed by atoms with Crippen molar-refractivity contribution in [3.63, 3.8) is 0 Å². The molecule has 1 aromatic carbocycles. The van der Waals surface area contributed by atoms with Gasteiger partial charge in [-0.25, -0.2) is 4.79 Å². The molecule has 7 nitrogen and oxygen atoms in total. The monoisotopic (exact) mass is 383 g/mol. The van der Waals surface area contributed by atoms with E-state index in [2.05, 4.69) is 15.0 Å². The van der Waals surface area contributed by atoms with Crippen LogP contribution in [0.15, 0.2) is 42.7 Å². The summed E-state index contributed by atoms with van der Waals surface area (Å²) in [6, 6.07) is 7.96. The van der Waals surface area contributed by atoms with Crippen molar-refractivity contribution in [1.82, 2.24) is 9.88 Å². The molecule has 0 aliphatic rings. The maximum atomic E-state index is 12.7. The molecule has 0 unspecified atom stereocenters. The quantitative estimate of drug-likeness (QED) is 0.706. The molecule has 0 aliphatic carbocycles. The van der Waals surface area contributed by atoms with Gasteiger partial charge in [-0.05, 0) is 37.1 Å². The first-order valence-corrected chi connectivity index (χ1v) is 9.24. The highest BCUT2D eigenvalue weighted by Gasteiger charge is 2.17. The van der Waals surface area contributed by atoms with Crippen molar-refractivity contribution in [3.05, 3.63) is 59.4 Å². The highest BCUT2D eigenvalue weighted by molar-refractivity contribution is 6.06. The summed E-state index contributed by atoms with van der Waals surface area (Å²) in [5.74, 6) is -1.04. The molecule has 0 aliphatic heterocycles. The number of carbonyl (C=O) groups is 3. The molecular weight excluding hydrogens is 358 g/mol. The Morgan fingerprint density at radius 2 is 1.68 bits per heavy atom. The number of anilines is 1. The van der Waals surface area contributed by atoms with Crippen LogP contribution in [0, 0.1) is 0 Å². The minimum absolute atomic E-state index is 0.140. The first-order valence-electron chi connectivity index (χ1n) is 9.24. The molecule has 0 saturated heterocycles. The third-order valence-electron chi connectivity index (χ3n) is 4.06. The van der Waals surface area contributed by atoms with Gasteiger partial charge in [0, 0.05) is 31.2 Å². The topological polar surface area (TPSA) is 88.6 Å². The minimum atomic E-state index is -0.489. The van der Waals surface area contributed by atoms with Crippen molar-refractivity contribution >= 4 is 23.5 Å². The molecule has 148 valence electrons. The lowest BCUT2D eigenvalue weighted by molar-refractivity contribution is 0.0600. The summed E-state index contributed by atoms with van der Waals surface area (Å²) in [6.07, 6.45) is 4.58. The maximum Gasteiger partial charge on any atom is 0.337 e. The van der Waals surface area contributed by atoms with Crippen molar-refractivity contribution in [2.45, 2.75) is 26.7 Å². The second kappa shape index (κ2) is 10.2. The zero-order valence-electron chi connectivity index (χ0n) is 16.4. The highest BCUT2D eigenvalue weighted by atomic mass is 16.5. The summed E-state index contributed by atoms with van der Waals surface area (Å²) in [5.41, 5.74) is 1.42. The molecule has 1 heterocycles. The lowest BCUT2D eigenvalue weighted by Gasteiger charge is -2.21. The normalized spacial score (nSPS) is 10.2. The lowest BCUT2D eigenvalue weighted by Crippen LogP contribution is -2.32. The van der Waals surface area contributed by atoms with Crippen LogP contribution < -0.4 is 5.32 Å². The van der Waals surface area contributed by atoms with E-state index < -0.39 is 11.9 Å². The molecule has 28 heavy (non-hydrogen) atoms. The van der Waals surface area contributed by atoms with Gasteiger partial charge in [-0.15, -0.1) is 0 Å². The number of pyridine rings is 1. The Bertz CT molecular complexity index is 845. The number of hydrogen-bond acceptors (Lipinski definition) is 5. The van der Waals surface area contributed by atoms with Gasteiger partial charge in [-0.3, -0.25) is 14.6 Å². The Balaban J connectivity index is 2.18. The Hall–Kier alpha value is -3.22. The summed E-state index contributed by atoms with van der Waals surface area (Å²) >= 11 is 0. The van der Waals surface area contributed by atoms with E-state index in [1.165, 1.54) is 31.6 Å². The molecule has 2 aromatic rings. The average molecular weight is 383 g/mol. The lowest BCUT2D eigenvalue weighted by atomic mass is 10.1. The van der Waals surface area contributed by atoms with Crippen LogP contribution in [-0.4, -0.2) is 47.9 Å². The number of hydrogen-bond donors (Lipinski definition) is 1. The highest BCUT2D eigenvalue weighted by Crippen LogP contribution is 2.14. The fourth-order valence-electron chi connectivity index (χ4n) is 2.76. The predicted octanol–water partition coefficient (Wildman–Crippen LogP) is 3.38. The van der Waals surface area contributed by atoms with Crippen molar-refractivity contribution in [1.29, 1.82) is 0 Å². The van der Waals surface area contributed by atoms with Crippen molar-refractivity contribution < 1.29 is 19.1 Å². The predicted molar refractivity (Wildman–Crippen MR) is 106 cm³/mol. The van der Waals surface area contributed by atoms with E-state index in [1.54, 1.807) is 23.1 Å². The number of benzene rings is 1. The number of amides is 2. The molecule has 7 heteroatoms. The van der Waals surface area contributed by atoms with Crippen molar-refractivity contribution in [3.8, 4) is 0 Å². The molecular formula is C21H25N3O4. The van der Waals surface area contributed by atoms with Gasteiger partial charge >= 0.3 is 5.97 Å². The van der Waals surface area contributed by atoms with Crippen LogP contribution in [0.25, 0.3) is 0 Å². The van der Waals surface area contributed by atoms with Crippen LogP contribution in [0.1, 0.15) is 57.8 Å². The van der Waals surface area contributed by atoms with E-state index in [4.69, 9.17) is 0 Å². The molecule has 2 rings (SSSR count). The van der Waals surface area contributed by atoms with Crippen LogP contribution in [-0.2, 0) is 4.74 Å². The summed E-state index contributed by atoms with van der Waals surface area (Å²) in [5, 5.41) is 2.71. The van der Waals surface area contributed by atoms with Gasteiger partial charge < -0.3 is 15.0 Å². The molecule has 0 radical (unpaired) electrons. The number of rotatable bonds is 8. The molecule has 0 bridgehead atoms. The smallest absolute Gasteiger partial charge is 0.337 e. The largest absolute Gasteiger partial charge is 0.465 e. The van der Waals surface area contributed by atoms with E-state index in [1.807, 2.05) is 13.8 Å². The van der Waals surface area contributed by atoms with Crippen molar-refractivity contribution in [2.24, 2.45) is 0 Å². The standard InChI is InChI=1S/C21H25N3O4/c1-4-9-24(10-5-2)20(26)17-11-16(13-22-14-17)19(25)23-18-8-6-7-15(12-18)21(27)28-3/h6-8,11-14H,4-5,9-10H2,1-3H3,(H,23,25).